The average molecular weight is 505 g/mol. The van der Waals surface area contributed by atoms with E-state index >= 15 is 0 Å². The van der Waals surface area contributed by atoms with Crippen LogP contribution in [0.3, 0.4) is 0 Å². The van der Waals surface area contributed by atoms with Gasteiger partial charge in [0.25, 0.3) is 0 Å². The lowest BCUT2D eigenvalue weighted by Gasteiger charge is -2.43. The second-order valence-corrected chi connectivity index (χ2v) is 13.2. The van der Waals surface area contributed by atoms with Crippen molar-refractivity contribution in [2.75, 3.05) is 7.11 Å². The fraction of sp³-hybridized carbons (Fsp3) is 0.567. The first-order valence-electron chi connectivity index (χ1n) is 13.0. The van der Waals surface area contributed by atoms with Crippen LogP contribution in [0.1, 0.15) is 85.2 Å². The van der Waals surface area contributed by atoms with E-state index in [0.717, 1.165) is 21.8 Å². The molecular weight excluding hydrogens is 463 g/mol. The summed E-state index contributed by atoms with van der Waals surface area (Å²) in [4.78, 5) is 12.5. The Morgan fingerprint density at radius 2 is 1.53 bits per heavy atom. The van der Waals surface area contributed by atoms with Gasteiger partial charge >= 0.3 is 13.1 Å². The van der Waals surface area contributed by atoms with Gasteiger partial charge in [-0.25, -0.2) is 4.79 Å². The zero-order chi connectivity index (χ0) is 27.1. The van der Waals surface area contributed by atoms with Gasteiger partial charge in [-0.1, -0.05) is 59.6 Å². The normalized spacial score (nSPS) is 17.1. The van der Waals surface area contributed by atoms with Crippen molar-refractivity contribution in [1.29, 1.82) is 0 Å². The molecule has 0 spiro atoms. The molecule has 2 aromatic carbocycles. The number of ether oxygens (including phenoxy) is 1. The maximum absolute atomic E-state index is 12.5. The van der Waals surface area contributed by atoms with Crippen LogP contribution in [0.2, 0.25) is 5.04 Å². The van der Waals surface area contributed by atoms with Crippen LogP contribution in [0.4, 0.5) is 0 Å². The Labute approximate surface area is 220 Å². The maximum Gasteiger partial charge on any atom is 0.495 e. The lowest BCUT2D eigenvalue weighted by Crippen LogP contribution is -2.41. The first kappa shape index (κ1) is 28.5. The van der Waals surface area contributed by atoms with Gasteiger partial charge in [0.1, 0.15) is 0 Å². The highest BCUT2D eigenvalue weighted by molar-refractivity contribution is 6.65. The monoisotopic (exact) mass is 504 g/mol. The first-order chi connectivity index (χ1) is 16.7. The number of benzene rings is 2. The zero-order valence-electron chi connectivity index (χ0n) is 23.8. The fourth-order valence-corrected chi connectivity index (χ4v) is 6.88. The highest BCUT2D eigenvalue weighted by Gasteiger charge is 2.52. The van der Waals surface area contributed by atoms with Gasteiger partial charge in [-0.3, -0.25) is 0 Å². The van der Waals surface area contributed by atoms with Crippen molar-refractivity contribution in [3.8, 4) is 11.5 Å². The first-order valence-corrected chi connectivity index (χ1v) is 14.0. The molecule has 0 aromatic heterocycles. The summed E-state index contributed by atoms with van der Waals surface area (Å²) >= 11 is 0. The van der Waals surface area contributed by atoms with E-state index in [2.05, 4.69) is 53.0 Å². The third-order valence-electron chi connectivity index (χ3n) is 8.28. The Hall–Kier alpha value is -2.07. The van der Waals surface area contributed by atoms with Gasteiger partial charge in [-0.15, -0.1) is 5.54 Å². The molecular formula is C30H41BO4Si. The van der Waals surface area contributed by atoms with E-state index in [0.29, 0.717) is 32.8 Å². The van der Waals surface area contributed by atoms with E-state index < -0.39 is 18.3 Å². The molecule has 1 saturated heterocycles. The SMILES string of the molecule is COC(=O)c1cc(B2OC(C)(C)C(C)(C)O2)c2c(C#C[Si]C(C(C)C)(C(C)C)C(C)C)cccc2c1. The Balaban J connectivity index is 2.19. The van der Waals surface area contributed by atoms with Crippen LogP contribution in [-0.4, -0.2) is 40.9 Å². The number of esters is 1. The number of fused-ring (bicyclic) bond motifs is 1. The molecule has 2 aromatic rings. The average Bonchev–Trinajstić information content (AvgIpc) is 3.01. The standard InChI is InChI=1S/C30H41BO4Si/c1-19(2)30(20(3)4,21(5)6)36-16-15-22-13-12-14-23-17-24(27(32)33-11)18-25(26(22)23)31-34-28(7,8)29(9,10)35-31/h12-14,17-21H,1-11H3. The number of hydrogen-bond donors (Lipinski definition) is 0. The minimum absolute atomic E-state index is 0.157. The molecule has 36 heavy (non-hydrogen) atoms. The van der Waals surface area contributed by atoms with Gasteiger partial charge in [0.05, 0.1) is 23.9 Å². The van der Waals surface area contributed by atoms with Gasteiger partial charge in [-0.05, 0) is 84.9 Å². The molecule has 0 saturated carbocycles. The second kappa shape index (κ2) is 10.4. The minimum atomic E-state index is -0.617. The van der Waals surface area contributed by atoms with Crippen molar-refractivity contribution in [2.24, 2.45) is 17.8 Å². The fourth-order valence-electron chi connectivity index (χ4n) is 5.60. The second-order valence-electron chi connectivity index (χ2n) is 11.8. The largest absolute Gasteiger partial charge is 0.495 e. The van der Waals surface area contributed by atoms with Gasteiger partial charge in [0, 0.05) is 5.56 Å². The molecule has 0 aliphatic carbocycles. The molecule has 6 heteroatoms. The highest BCUT2D eigenvalue weighted by Crippen LogP contribution is 2.49. The summed E-state index contributed by atoms with van der Waals surface area (Å²) in [5.74, 6) is 4.71. The maximum atomic E-state index is 12.5. The summed E-state index contributed by atoms with van der Waals surface area (Å²) in [6, 6.07) is 9.75. The van der Waals surface area contributed by atoms with Crippen molar-refractivity contribution in [2.45, 2.75) is 85.5 Å². The predicted molar refractivity (Wildman–Crippen MR) is 151 cm³/mol. The van der Waals surface area contributed by atoms with Crippen LogP contribution in [0.5, 0.6) is 0 Å². The van der Waals surface area contributed by atoms with Crippen molar-refractivity contribution < 1.29 is 18.8 Å². The molecule has 1 aliphatic rings. The van der Waals surface area contributed by atoms with Crippen molar-refractivity contribution in [1.82, 2.24) is 0 Å². The van der Waals surface area contributed by atoms with E-state index in [9.17, 15) is 4.79 Å². The Morgan fingerprint density at radius 1 is 0.972 bits per heavy atom. The van der Waals surface area contributed by atoms with Crippen LogP contribution < -0.4 is 5.46 Å². The molecule has 192 valence electrons. The third-order valence-corrected chi connectivity index (χ3v) is 10.7. The van der Waals surface area contributed by atoms with E-state index in [-0.39, 0.29) is 11.0 Å². The molecule has 1 heterocycles. The number of methoxy groups -OCH3 is 1. The van der Waals surface area contributed by atoms with Crippen LogP contribution >= 0.6 is 0 Å². The summed E-state index contributed by atoms with van der Waals surface area (Å²) in [6.07, 6.45) is 0. The van der Waals surface area contributed by atoms with Gasteiger partial charge in [0.2, 0.25) is 0 Å². The molecule has 1 fully saturated rings. The summed E-state index contributed by atoms with van der Waals surface area (Å²) in [5, 5.41) is 2.04. The predicted octanol–water partition coefficient (Wildman–Crippen LogP) is 6.07. The van der Waals surface area contributed by atoms with Gasteiger partial charge in [0.15, 0.2) is 9.52 Å². The topological polar surface area (TPSA) is 44.8 Å². The Morgan fingerprint density at radius 3 is 2.03 bits per heavy atom. The third kappa shape index (κ3) is 5.03. The summed E-state index contributed by atoms with van der Waals surface area (Å²) in [6.45, 7) is 22.0. The van der Waals surface area contributed by atoms with E-state index in [4.69, 9.17) is 14.0 Å². The molecule has 2 radical (unpaired) electrons. The summed E-state index contributed by atoms with van der Waals surface area (Å²) in [7, 11) is 1.29. The number of rotatable bonds is 6. The van der Waals surface area contributed by atoms with Crippen molar-refractivity contribution in [3.63, 3.8) is 0 Å². The molecule has 0 N–H and O–H groups in total. The zero-order valence-corrected chi connectivity index (χ0v) is 24.8. The molecule has 0 unspecified atom stereocenters. The van der Waals surface area contributed by atoms with Crippen molar-refractivity contribution in [3.05, 3.63) is 41.5 Å². The van der Waals surface area contributed by atoms with Crippen LogP contribution in [-0.2, 0) is 14.0 Å². The lowest BCUT2D eigenvalue weighted by molar-refractivity contribution is 0.00578. The van der Waals surface area contributed by atoms with E-state index in [1.54, 1.807) is 0 Å². The highest BCUT2D eigenvalue weighted by atomic mass is 28.2. The summed E-state index contributed by atoms with van der Waals surface area (Å²) < 4.78 is 17.9. The van der Waals surface area contributed by atoms with Crippen LogP contribution in [0.25, 0.3) is 10.8 Å². The van der Waals surface area contributed by atoms with Gasteiger partial charge < -0.3 is 14.0 Å². The van der Waals surface area contributed by atoms with E-state index in [1.807, 2.05) is 58.0 Å². The quantitative estimate of drug-likeness (QED) is 0.272. The number of carbonyl (C=O) groups excluding carboxylic acids is 1. The van der Waals surface area contributed by atoms with Crippen molar-refractivity contribution >= 4 is 38.8 Å². The summed E-state index contributed by atoms with van der Waals surface area (Å²) in [5.41, 5.74) is 4.78. The van der Waals surface area contributed by atoms with Crippen LogP contribution in [0.15, 0.2) is 30.3 Å². The molecule has 0 atom stereocenters. The van der Waals surface area contributed by atoms with Gasteiger partial charge in [-0.2, -0.15) is 0 Å². The number of hydrogen-bond acceptors (Lipinski definition) is 4. The van der Waals surface area contributed by atoms with Crippen LogP contribution in [0, 0.1) is 29.2 Å². The minimum Gasteiger partial charge on any atom is -0.465 e. The molecule has 0 bridgehead atoms. The smallest absolute Gasteiger partial charge is 0.465 e. The number of carbonyl (C=O) groups is 1. The molecule has 0 amide bonds. The molecule has 4 nitrogen and oxygen atoms in total. The Bertz CT molecular complexity index is 1150. The molecule has 3 rings (SSSR count). The van der Waals surface area contributed by atoms with E-state index in [1.165, 1.54) is 7.11 Å². The Kier molecular flexibility index (Phi) is 8.20. The lowest BCUT2D eigenvalue weighted by atomic mass is 9.74. The molecule has 1 aliphatic heterocycles.